The van der Waals surface area contributed by atoms with Crippen LogP contribution in [0.1, 0.15) is 18.1 Å². The summed E-state index contributed by atoms with van der Waals surface area (Å²) < 4.78 is 6.81. The molecule has 1 N–H and O–H groups in total. The summed E-state index contributed by atoms with van der Waals surface area (Å²) in [7, 11) is 0. The second kappa shape index (κ2) is 6.52. The fraction of sp³-hybridized carbons (Fsp3) is 0.286. The second-order valence-corrected chi connectivity index (χ2v) is 4.92. The van der Waals surface area contributed by atoms with Crippen molar-refractivity contribution in [1.29, 1.82) is 0 Å². The molecule has 0 bridgehead atoms. The van der Waals surface area contributed by atoms with Gasteiger partial charge in [0, 0.05) is 16.6 Å². The Kier molecular flexibility index (Phi) is 4.74. The van der Waals surface area contributed by atoms with Crippen LogP contribution in [0.5, 0.6) is 5.88 Å². The van der Waals surface area contributed by atoms with Gasteiger partial charge < -0.3 is 10.1 Å². The van der Waals surface area contributed by atoms with E-state index in [-0.39, 0.29) is 0 Å². The number of nitrogens with one attached hydrogen (secondary N) is 1. The molecule has 2 aromatic rings. The van der Waals surface area contributed by atoms with E-state index in [1.807, 2.05) is 38.1 Å². The van der Waals surface area contributed by atoms with Gasteiger partial charge in [0.05, 0.1) is 5.56 Å². The van der Waals surface area contributed by atoms with Crippen LogP contribution in [0.15, 0.2) is 35.1 Å². The summed E-state index contributed by atoms with van der Waals surface area (Å²) in [4.78, 5) is 8.37. The van der Waals surface area contributed by atoms with Crippen LogP contribution in [0.4, 0.5) is 5.82 Å². The van der Waals surface area contributed by atoms with Crippen molar-refractivity contribution in [2.45, 2.75) is 20.5 Å². The van der Waals surface area contributed by atoms with Crippen LogP contribution in [0.2, 0.25) is 0 Å². The monoisotopic (exact) mass is 321 g/mol. The minimum absolute atomic E-state index is 0.477. The molecule has 0 fully saturated rings. The highest BCUT2D eigenvalue weighted by Gasteiger charge is 2.08. The summed E-state index contributed by atoms with van der Waals surface area (Å²) in [6.07, 6.45) is 1.51. The Hall–Kier alpha value is -1.62. The molecule has 19 heavy (non-hydrogen) atoms. The number of ether oxygens (including phenoxy) is 1. The topological polar surface area (TPSA) is 47.0 Å². The molecule has 0 unspecified atom stereocenters. The number of rotatable bonds is 5. The van der Waals surface area contributed by atoms with E-state index in [0.717, 1.165) is 28.0 Å². The Bertz CT molecular complexity index is 560. The first-order valence-electron chi connectivity index (χ1n) is 6.14. The zero-order valence-electron chi connectivity index (χ0n) is 11.0. The van der Waals surface area contributed by atoms with Gasteiger partial charge in [-0.15, -0.1) is 0 Å². The van der Waals surface area contributed by atoms with E-state index >= 15 is 0 Å². The van der Waals surface area contributed by atoms with Crippen molar-refractivity contribution < 1.29 is 4.74 Å². The summed E-state index contributed by atoms with van der Waals surface area (Å²) in [5.41, 5.74) is 2.02. The van der Waals surface area contributed by atoms with Crippen LogP contribution in [-0.2, 0) is 6.61 Å². The number of hydrogen-bond donors (Lipinski definition) is 1. The molecule has 0 saturated carbocycles. The van der Waals surface area contributed by atoms with Gasteiger partial charge in [0.2, 0.25) is 5.88 Å². The fourth-order valence-corrected chi connectivity index (χ4v) is 2.09. The zero-order chi connectivity index (χ0) is 13.7. The third-order valence-corrected chi connectivity index (χ3v) is 3.48. The molecular formula is C14H16BrN3O. The minimum atomic E-state index is 0.477. The Morgan fingerprint density at radius 2 is 2.05 bits per heavy atom. The van der Waals surface area contributed by atoms with Crippen LogP contribution in [-0.4, -0.2) is 16.5 Å². The molecule has 0 aliphatic carbocycles. The third-order valence-electron chi connectivity index (χ3n) is 2.70. The van der Waals surface area contributed by atoms with E-state index in [9.17, 15) is 0 Å². The second-order valence-electron chi connectivity index (χ2n) is 4.06. The van der Waals surface area contributed by atoms with Gasteiger partial charge in [-0.25, -0.2) is 9.97 Å². The third kappa shape index (κ3) is 3.44. The maximum atomic E-state index is 5.77. The number of aromatic nitrogens is 2. The average molecular weight is 322 g/mol. The first-order valence-corrected chi connectivity index (χ1v) is 6.93. The molecular weight excluding hydrogens is 306 g/mol. The normalized spacial score (nSPS) is 10.3. The molecule has 0 spiro atoms. The number of anilines is 1. The van der Waals surface area contributed by atoms with Crippen LogP contribution >= 0.6 is 15.9 Å². The minimum Gasteiger partial charge on any atom is -0.472 e. The van der Waals surface area contributed by atoms with Crippen molar-refractivity contribution in [2.24, 2.45) is 0 Å². The summed E-state index contributed by atoms with van der Waals surface area (Å²) in [5.74, 6) is 1.43. The largest absolute Gasteiger partial charge is 0.472 e. The Morgan fingerprint density at radius 1 is 1.26 bits per heavy atom. The molecule has 1 heterocycles. The molecule has 0 saturated heterocycles. The molecule has 1 aromatic heterocycles. The standard InChI is InChI=1S/C14H16BrN3O/c1-3-16-13-10(2)14(18-9-17-13)19-8-11-6-4-5-7-12(11)15/h4-7,9H,3,8H2,1-2H3,(H,16,17,18). The summed E-state index contributed by atoms with van der Waals surface area (Å²) in [5, 5.41) is 3.19. The fourth-order valence-electron chi connectivity index (χ4n) is 1.69. The van der Waals surface area contributed by atoms with Crippen LogP contribution in [0.25, 0.3) is 0 Å². The van der Waals surface area contributed by atoms with Gasteiger partial charge in [0.1, 0.15) is 18.8 Å². The van der Waals surface area contributed by atoms with Crippen molar-refractivity contribution in [3.63, 3.8) is 0 Å². The van der Waals surface area contributed by atoms with Crippen LogP contribution < -0.4 is 10.1 Å². The van der Waals surface area contributed by atoms with Gasteiger partial charge in [-0.2, -0.15) is 0 Å². The predicted octanol–water partition coefficient (Wildman–Crippen LogP) is 3.56. The van der Waals surface area contributed by atoms with E-state index in [1.165, 1.54) is 6.33 Å². The predicted molar refractivity (Wildman–Crippen MR) is 79.4 cm³/mol. The van der Waals surface area contributed by atoms with Crippen LogP contribution in [0, 0.1) is 6.92 Å². The van der Waals surface area contributed by atoms with Crippen molar-refractivity contribution in [1.82, 2.24) is 9.97 Å². The maximum absolute atomic E-state index is 5.77. The first kappa shape index (κ1) is 13.8. The lowest BCUT2D eigenvalue weighted by Gasteiger charge is -2.11. The average Bonchev–Trinajstić information content (AvgIpc) is 2.42. The summed E-state index contributed by atoms with van der Waals surface area (Å²) in [6, 6.07) is 7.98. The van der Waals surface area contributed by atoms with Gasteiger partial charge in [0.15, 0.2) is 0 Å². The zero-order valence-corrected chi connectivity index (χ0v) is 12.6. The maximum Gasteiger partial charge on any atom is 0.221 e. The molecule has 0 aliphatic rings. The number of benzene rings is 1. The lowest BCUT2D eigenvalue weighted by molar-refractivity contribution is 0.290. The lowest BCUT2D eigenvalue weighted by atomic mass is 10.2. The van der Waals surface area contributed by atoms with E-state index in [4.69, 9.17) is 4.74 Å². The van der Waals surface area contributed by atoms with Crippen molar-refractivity contribution >= 4 is 21.7 Å². The van der Waals surface area contributed by atoms with Gasteiger partial charge in [-0.3, -0.25) is 0 Å². The van der Waals surface area contributed by atoms with Gasteiger partial charge in [-0.1, -0.05) is 34.1 Å². The van der Waals surface area contributed by atoms with Gasteiger partial charge >= 0.3 is 0 Å². The van der Waals surface area contributed by atoms with E-state index in [2.05, 4.69) is 31.2 Å². The highest BCUT2D eigenvalue weighted by molar-refractivity contribution is 9.10. The van der Waals surface area contributed by atoms with Crippen molar-refractivity contribution in [2.75, 3.05) is 11.9 Å². The van der Waals surface area contributed by atoms with Crippen molar-refractivity contribution in [3.8, 4) is 5.88 Å². The molecule has 4 nitrogen and oxygen atoms in total. The highest BCUT2D eigenvalue weighted by Crippen LogP contribution is 2.23. The van der Waals surface area contributed by atoms with E-state index in [1.54, 1.807) is 0 Å². The SMILES string of the molecule is CCNc1ncnc(OCc2ccccc2Br)c1C. The summed E-state index contributed by atoms with van der Waals surface area (Å²) >= 11 is 3.50. The molecule has 5 heteroatoms. The first-order chi connectivity index (χ1) is 9.22. The molecule has 2 rings (SSSR count). The van der Waals surface area contributed by atoms with E-state index in [0.29, 0.717) is 12.5 Å². The quantitative estimate of drug-likeness (QED) is 0.914. The Labute approximate surface area is 121 Å². The van der Waals surface area contributed by atoms with Crippen LogP contribution in [0.3, 0.4) is 0 Å². The number of halogens is 1. The molecule has 0 radical (unpaired) electrons. The molecule has 0 atom stereocenters. The highest BCUT2D eigenvalue weighted by atomic mass is 79.9. The Balaban J connectivity index is 2.12. The van der Waals surface area contributed by atoms with Gasteiger partial charge in [0.25, 0.3) is 0 Å². The summed E-state index contributed by atoms with van der Waals surface area (Å²) in [6.45, 7) is 5.28. The molecule has 1 aromatic carbocycles. The number of hydrogen-bond acceptors (Lipinski definition) is 4. The smallest absolute Gasteiger partial charge is 0.221 e. The lowest BCUT2D eigenvalue weighted by Crippen LogP contribution is -2.06. The molecule has 0 aliphatic heterocycles. The van der Waals surface area contributed by atoms with E-state index < -0.39 is 0 Å². The van der Waals surface area contributed by atoms with Crippen molar-refractivity contribution in [3.05, 3.63) is 46.2 Å². The molecule has 0 amide bonds. The molecule has 100 valence electrons. The Morgan fingerprint density at radius 3 is 2.79 bits per heavy atom. The number of nitrogens with zero attached hydrogens (tertiary/aromatic N) is 2. The van der Waals surface area contributed by atoms with Gasteiger partial charge in [-0.05, 0) is 19.9 Å².